The fourth-order valence-corrected chi connectivity index (χ4v) is 2.65. The summed E-state index contributed by atoms with van der Waals surface area (Å²) in [4.78, 5) is 0. The van der Waals surface area contributed by atoms with E-state index in [1.807, 2.05) is 33.8 Å². The third-order valence-corrected chi connectivity index (χ3v) is 4.65. The van der Waals surface area contributed by atoms with Gasteiger partial charge in [-0.2, -0.15) is 5.26 Å². The second-order valence-corrected chi connectivity index (χ2v) is 6.56. The van der Waals surface area contributed by atoms with Gasteiger partial charge in [-0.25, -0.2) is 4.39 Å². The average Bonchev–Trinajstić information content (AvgIpc) is 2.66. The summed E-state index contributed by atoms with van der Waals surface area (Å²) in [6.45, 7) is 7.89. The molecule has 0 bridgehead atoms. The molecule has 0 spiro atoms. The largest absolute Gasteiger partial charge is 0.495 e. The van der Waals surface area contributed by atoms with Crippen LogP contribution >= 0.6 is 0 Å². The number of nitrogens with zero attached hydrogens (tertiary/aromatic N) is 1. The van der Waals surface area contributed by atoms with Crippen LogP contribution in [0.1, 0.15) is 33.3 Å². The van der Waals surface area contributed by atoms with Gasteiger partial charge in [0.05, 0.1) is 22.8 Å². The molecule has 1 fully saturated rings. The molecule has 0 aliphatic carbocycles. The first-order valence-corrected chi connectivity index (χ1v) is 7.24. The lowest BCUT2D eigenvalue weighted by molar-refractivity contribution is 0.00578. The maximum atomic E-state index is 14.2. The highest BCUT2D eigenvalue weighted by molar-refractivity contribution is 6.65. The zero-order valence-electron chi connectivity index (χ0n) is 13.1. The maximum absolute atomic E-state index is 14.2. The Bertz CT molecular complexity index is 779. The number of nitriles is 1. The van der Waals surface area contributed by atoms with Crippen molar-refractivity contribution >= 4 is 23.4 Å². The zero-order valence-corrected chi connectivity index (χ0v) is 13.1. The molecule has 0 aromatic heterocycles. The van der Waals surface area contributed by atoms with Gasteiger partial charge in [-0.05, 0) is 50.7 Å². The van der Waals surface area contributed by atoms with E-state index in [1.54, 1.807) is 24.3 Å². The predicted octanol–water partition coefficient (Wildman–Crippen LogP) is 3.15. The van der Waals surface area contributed by atoms with E-state index in [9.17, 15) is 9.65 Å². The Balaban J connectivity index is 2.19. The minimum atomic E-state index is -0.581. The molecule has 0 saturated carbocycles. The first-order valence-electron chi connectivity index (χ1n) is 7.24. The van der Waals surface area contributed by atoms with Crippen molar-refractivity contribution < 1.29 is 13.7 Å². The highest BCUT2D eigenvalue weighted by atomic mass is 19.1. The summed E-state index contributed by atoms with van der Waals surface area (Å²) in [5.74, 6) is -0.410. The van der Waals surface area contributed by atoms with Crippen LogP contribution in [0.4, 0.5) is 4.39 Å². The highest BCUT2D eigenvalue weighted by Crippen LogP contribution is 2.37. The van der Waals surface area contributed by atoms with Gasteiger partial charge < -0.3 is 9.31 Å². The summed E-state index contributed by atoms with van der Waals surface area (Å²) in [5.41, 5.74) is 0.122. The molecule has 1 aliphatic rings. The molecule has 1 aliphatic heterocycles. The van der Waals surface area contributed by atoms with Crippen LogP contribution in [0.3, 0.4) is 0 Å². The number of halogens is 1. The van der Waals surface area contributed by atoms with E-state index >= 15 is 0 Å². The summed E-state index contributed by atoms with van der Waals surface area (Å²) in [6.07, 6.45) is 0. The summed E-state index contributed by atoms with van der Waals surface area (Å²) in [6, 6.07) is 10.2. The first-order chi connectivity index (χ1) is 10.3. The molecular formula is C17H17BFNO2. The van der Waals surface area contributed by atoms with E-state index in [4.69, 9.17) is 9.31 Å². The Morgan fingerprint density at radius 3 is 2.27 bits per heavy atom. The lowest BCUT2D eigenvalue weighted by atomic mass is 9.75. The third kappa shape index (κ3) is 2.11. The quantitative estimate of drug-likeness (QED) is 0.759. The monoisotopic (exact) mass is 297 g/mol. The molecular weight excluding hydrogens is 280 g/mol. The lowest BCUT2D eigenvalue weighted by Crippen LogP contribution is -2.41. The van der Waals surface area contributed by atoms with Crippen LogP contribution in [0.2, 0.25) is 0 Å². The molecule has 3 nitrogen and oxygen atoms in total. The van der Waals surface area contributed by atoms with Gasteiger partial charge in [-0.1, -0.05) is 18.2 Å². The van der Waals surface area contributed by atoms with Gasteiger partial charge >= 0.3 is 7.12 Å². The third-order valence-electron chi connectivity index (χ3n) is 4.65. The standard InChI is InChI=1S/C17H17BFNO2/c1-16(2)17(3,4)22-18(21-16)13-9-8-11(10-20)15-12(13)6-5-7-14(15)19/h5-9H,1-4H3. The Labute approximate surface area is 129 Å². The Morgan fingerprint density at radius 2 is 1.68 bits per heavy atom. The summed E-state index contributed by atoms with van der Waals surface area (Å²) >= 11 is 0. The van der Waals surface area contributed by atoms with Gasteiger partial charge in [-0.15, -0.1) is 0 Å². The molecule has 2 aromatic carbocycles. The van der Waals surface area contributed by atoms with E-state index in [-0.39, 0.29) is 0 Å². The fourth-order valence-electron chi connectivity index (χ4n) is 2.65. The summed E-state index contributed by atoms with van der Waals surface area (Å²) in [7, 11) is -0.581. The van der Waals surface area contributed by atoms with Crippen molar-refractivity contribution in [3.8, 4) is 6.07 Å². The van der Waals surface area contributed by atoms with Crippen molar-refractivity contribution in [2.75, 3.05) is 0 Å². The van der Waals surface area contributed by atoms with Gasteiger partial charge in [-0.3, -0.25) is 0 Å². The molecule has 22 heavy (non-hydrogen) atoms. The van der Waals surface area contributed by atoms with Gasteiger partial charge in [0.25, 0.3) is 0 Å². The van der Waals surface area contributed by atoms with Gasteiger partial charge in [0.15, 0.2) is 0 Å². The SMILES string of the molecule is CC1(C)OB(c2ccc(C#N)c3c(F)cccc23)OC1(C)C. The van der Waals surface area contributed by atoms with E-state index in [0.717, 1.165) is 5.46 Å². The molecule has 112 valence electrons. The van der Waals surface area contributed by atoms with Crippen LogP contribution in [0.5, 0.6) is 0 Å². The van der Waals surface area contributed by atoms with E-state index in [1.165, 1.54) is 6.07 Å². The molecule has 0 amide bonds. The van der Waals surface area contributed by atoms with Crippen molar-refractivity contribution in [1.82, 2.24) is 0 Å². The number of rotatable bonds is 1. The topological polar surface area (TPSA) is 42.2 Å². The second kappa shape index (κ2) is 4.80. The minimum Gasteiger partial charge on any atom is -0.399 e. The molecule has 0 N–H and O–H groups in total. The Hall–Kier alpha value is -1.90. The van der Waals surface area contributed by atoms with E-state index in [0.29, 0.717) is 16.3 Å². The molecule has 0 atom stereocenters. The van der Waals surface area contributed by atoms with Crippen LogP contribution in [-0.2, 0) is 9.31 Å². The molecule has 0 unspecified atom stereocenters. The number of hydrogen-bond donors (Lipinski definition) is 0. The van der Waals surface area contributed by atoms with Crippen molar-refractivity contribution in [2.24, 2.45) is 0 Å². The highest BCUT2D eigenvalue weighted by Gasteiger charge is 2.52. The fraction of sp³-hybridized carbons (Fsp3) is 0.353. The maximum Gasteiger partial charge on any atom is 0.495 e. The lowest BCUT2D eigenvalue weighted by Gasteiger charge is -2.32. The van der Waals surface area contributed by atoms with Gasteiger partial charge in [0.2, 0.25) is 0 Å². The van der Waals surface area contributed by atoms with Crippen molar-refractivity contribution in [1.29, 1.82) is 5.26 Å². The van der Waals surface area contributed by atoms with Crippen LogP contribution in [0, 0.1) is 17.1 Å². The Morgan fingerprint density at radius 1 is 1.05 bits per heavy atom. The van der Waals surface area contributed by atoms with Crippen LogP contribution in [0.25, 0.3) is 10.8 Å². The van der Waals surface area contributed by atoms with Gasteiger partial charge in [0.1, 0.15) is 5.82 Å². The second-order valence-electron chi connectivity index (χ2n) is 6.56. The average molecular weight is 297 g/mol. The van der Waals surface area contributed by atoms with Crippen molar-refractivity contribution in [3.05, 3.63) is 41.7 Å². The smallest absolute Gasteiger partial charge is 0.399 e. The molecule has 5 heteroatoms. The normalized spacial score (nSPS) is 19.4. The minimum absolute atomic E-state index is 0.313. The first kappa shape index (κ1) is 15.0. The zero-order chi connectivity index (χ0) is 16.1. The van der Waals surface area contributed by atoms with Gasteiger partial charge in [0, 0.05) is 5.39 Å². The molecule has 2 aromatic rings. The van der Waals surface area contributed by atoms with E-state index in [2.05, 4.69) is 0 Å². The summed E-state index contributed by atoms with van der Waals surface area (Å²) < 4.78 is 26.3. The van der Waals surface area contributed by atoms with Crippen molar-refractivity contribution in [2.45, 2.75) is 38.9 Å². The van der Waals surface area contributed by atoms with E-state index < -0.39 is 24.1 Å². The number of hydrogen-bond acceptors (Lipinski definition) is 3. The number of fused-ring (bicyclic) bond motifs is 1. The predicted molar refractivity (Wildman–Crippen MR) is 84.3 cm³/mol. The molecule has 1 saturated heterocycles. The molecule has 0 radical (unpaired) electrons. The summed E-state index contributed by atoms with van der Waals surface area (Å²) in [5, 5.41) is 10.2. The van der Waals surface area contributed by atoms with Crippen LogP contribution in [0.15, 0.2) is 30.3 Å². The molecule has 1 heterocycles. The van der Waals surface area contributed by atoms with Crippen LogP contribution < -0.4 is 5.46 Å². The van der Waals surface area contributed by atoms with Crippen LogP contribution in [-0.4, -0.2) is 18.3 Å². The number of benzene rings is 2. The molecule has 3 rings (SSSR count). The Kier molecular flexibility index (Phi) is 3.28. The van der Waals surface area contributed by atoms with Crippen molar-refractivity contribution in [3.63, 3.8) is 0 Å².